The molecule has 0 amide bonds. The normalized spacial score (nSPS) is 42.9. The summed E-state index contributed by atoms with van der Waals surface area (Å²) in [7, 11) is 2.86. The van der Waals surface area contributed by atoms with E-state index in [0.29, 0.717) is 53.0 Å². The molecule has 380 valence electrons. The summed E-state index contributed by atoms with van der Waals surface area (Å²) in [4.78, 5) is 37.8. The molecule has 0 radical (unpaired) electrons. The molecule has 3 saturated heterocycles. The van der Waals surface area contributed by atoms with Crippen LogP contribution in [0.2, 0.25) is 0 Å². The fraction of sp³-hybridized carbons (Fsp3) is 0.627. The summed E-state index contributed by atoms with van der Waals surface area (Å²) in [5, 5.41) is 64.5. The fourth-order valence-electron chi connectivity index (χ4n) is 14.0. The molecule has 5 aliphatic carbocycles. The first-order valence-electron chi connectivity index (χ1n) is 23.9. The lowest BCUT2D eigenvalue weighted by molar-refractivity contribution is -0.364. The fourth-order valence-corrected chi connectivity index (χ4v) is 14.0. The number of aliphatic hydroxyl groups is 5. The maximum atomic E-state index is 16.9. The SMILES string of the molecule is COc1cc([C@@H]2c3cc4c(cc3C(O[C@@H]3O[C@@H]5CO[C@@H](C)O[C@H]5[C@H](O)[C@H]3O)C3COC(=O)[C@@H]32)OCO4)cc(OC)c1O.C[C@@H]1C[C@H]2[C@@H]3CCC4=CC(=O)C=C[C@]4(C)[C@@]3(F)[C@@H](O)C[C@]2(C)[C@@]1(O)C(=O)CO. The number of fused-ring (bicyclic) bond motifs is 9. The Hall–Kier alpha value is -4.70. The van der Waals surface area contributed by atoms with E-state index in [1.165, 1.54) is 26.4 Å². The molecule has 0 spiro atoms. The number of hydrogen-bond acceptors (Lipinski definition) is 18. The van der Waals surface area contributed by atoms with Gasteiger partial charge in [-0.15, -0.1) is 0 Å². The predicted octanol–water partition coefficient (Wildman–Crippen LogP) is 3.23. The Morgan fingerprint density at radius 2 is 1.60 bits per heavy atom. The molecule has 4 heterocycles. The van der Waals surface area contributed by atoms with Crippen LogP contribution < -0.4 is 18.9 Å². The van der Waals surface area contributed by atoms with Crippen LogP contribution in [0.1, 0.15) is 82.1 Å². The lowest BCUT2D eigenvalue weighted by Crippen LogP contribution is -2.69. The van der Waals surface area contributed by atoms with Crippen LogP contribution in [0.3, 0.4) is 0 Å². The number of ketones is 2. The number of cyclic esters (lactones) is 1. The Kier molecular flexibility index (Phi) is 12.2. The predicted molar refractivity (Wildman–Crippen MR) is 238 cm³/mol. The Bertz CT molecular complexity index is 2490. The van der Waals surface area contributed by atoms with Crippen LogP contribution in [0.25, 0.3) is 0 Å². The van der Waals surface area contributed by atoms with Crippen molar-refractivity contribution in [1.82, 2.24) is 0 Å². The highest BCUT2D eigenvalue weighted by Crippen LogP contribution is 2.71. The average Bonchev–Trinajstić information content (AvgIpc) is 4.02. The molecule has 6 fully saturated rings. The third-order valence-corrected chi connectivity index (χ3v) is 17.5. The van der Waals surface area contributed by atoms with E-state index < -0.39 is 119 Å². The molecule has 0 aromatic heterocycles. The van der Waals surface area contributed by atoms with Gasteiger partial charge >= 0.3 is 5.97 Å². The number of allylic oxidation sites excluding steroid dienone is 4. The Morgan fingerprint density at radius 1 is 0.914 bits per heavy atom. The molecule has 19 heteroatoms. The van der Waals surface area contributed by atoms with E-state index in [9.17, 15) is 45.0 Å². The number of phenols is 1. The van der Waals surface area contributed by atoms with Crippen LogP contribution in [0.5, 0.6) is 28.7 Å². The third-order valence-electron chi connectivity index (χ3n) is 17.5. The summed E-state index contributed by atoms with van der Waals surface area (Å²) in [6.07, 6.45) is -2.36. The Morgan fingerprint density at radius 3 is 2.27 bits per heavy atom. The first-order valence-corrected chi connectivity index (χ1v) is 23.9. The molecule has 70 heavy (non-hydrogen) atoms. The maximum Gasteiger partial charge on any atom is 0.310 e. The van der Waals surface area contributed by atoms with Gasteiger partial charge in [0.15, 0.2) is 52.8 Å². The lowest BCUT2D eigenvalue weighted by Gasteiger charge is -2.62. The number of alkyl halides is 1. The molecule has 18 nitrogen and oxygen atoms in total. The van der Waals surface area contributed by atoms with Crippen molar-refractivity contribution in [3.63, 3.8) is 0 Å². The van der Waals surface area contributed by atoms with Crippen molar-refractivity contribution in [1.29, 1.82) is 0 Å². The molecule has 0 bridgehead atoms. The van der Waals surface area contributed by atoms with Crippen molar-refractivity contribution in [2.45, 2.75) is 120 Å². The van der Waals surface area contributed by atoms with Gasteiger partial charge in [-0.25, -0.2) is 4.39 Å². The minimum Gasteiger partial charge on any atom is -0.502 e. The van der Waals surface area contributed by atoms with Crippen molar-refractivity contribution in [3.8, 4) is 28.7 Å². The number of carbonyl (C=O) groups excluding carboxylic acids is 3. The van der Waals surface area contributed by atoms with Gasteiger partial charge in [0.2, 0.25) is 12.5 Å². The van der Waals surface area contributed by atoms with E-state index in [2.05, 4.69) is 0 Å². The van der Waals surface area contributed by atoms with Crippen molar-refractivity contribution in [2.24, 2.45) is 40.4 Å². The number of methoxy groups -OCH3 is 2. The zero-order chi connectivity index (χ0) is 50.0. The number of rotatable bonds is 7. The summed E-state index contributed by atoms with van der Waals surface area (Å²) in [5.41, 5.74) is -3.16. The Labute approximate surface area is 403 Å². The van der Waals surface area contributed by atoms with Gasteiger partial charge in [-0.05, 0) is 104 Å². The topological polar surface area (TPSA) is 256 Å². The lowest BCUT2D eigenvalue weighted by atomic mass is 9.44. The van der Waals surface area contributed by atoms with Crippen LogP contribution in [0.4, 0.5) is 4.39 Å². The van der Waals surface area contributed by atoms with E-state index in [0.717, 1.165) is 0 Å². The number of ether oxygens (including phenoxy) is 9. The number of phenolic OH excluding ortho intramolecular Hbond substituents is 1. The molecule has 18 atom stereocenters. The Balaban J connectivity index is 0.000000176. The molecule has 2 unspecified atom stereocenters. The quantitative estimate of drug-likeness (QED) is 0.218. The monoisotopic (exact) mass is 980 g/mol. The maximum absolute atomic E-state index is 16.9. The van der Waals surface area contributed by atoms with E-state index in [1.807, 2.05) is 0 Å². The number of halogens is 1. The molecular weight excluding hydrogens is 920 g/mol. The number of carbonyl (C=O) groups is 3. The summed E-state index contributed by atoms with van der Waals surface area (Å²) in [6, 6.07) is 6.93. The van der Waals surface area contributed by atoms with Crippen LogP contribution >= 0.6 is 0 Å². The minimum absolute atomic E-state index is 0.0301. The number of aromatic hydroxyl groups is 1. The number of esters is 1. The van der Waals surface area contributed by atoms with Gasteiger partial charge in [-0.3, -0.25) is 14.4 Å². The summed E-state index contributed by atoms with van der Waals surface area (Å²) >= 11 is 0. The van der Waals surface area contributed by atoms with Gasteiger partial charge in [0.05, 0.1) is 45.6 Å². The summed E-state index contributed by atoms with van der Waals surface area (Å²) in [5.74, 6) is -3.14. The standard InChI is InChI=1S/C29H32O13.C22H29FO5/c1-11-36-9-20-27(40-11)24(31)25(32)29(41-20)42-26-14-7-17-16(38-10-39-17)6-13(14)21(22-15(26)8-37-28(22)33)12-4-18(34-2)23(30)19(5-12)35-3;1-12-8-16-15-5-4-13-9-14(25)6-7-19(13,2)21(15,23)17(26)10-20(16,3)22(12,28)18(27)11-24/h4-7,11,15,20-22,24-27,29-32H,8-10H2,1-3H3;6-7,9,12,15-17,24,26,28H,4-5,8,10-11H2,1-3H3/t11-,15?,20-,21-,22+,24-,25-,26?,27-,29+;12-,15+,16+,17+,19+,20+,21+,22+/m11/s1. The summed E-state index contributed by atoms with van der Waals surface area (Å²) < 4.78 is 68.4. The highest BCUT2D eigenvalue weighted by Gasteiger charge is 2.75. The average molecular weight is 981 g/mol. The van der Waals surface area contributed by atoms with E-state index >= 15 is 4.39 Å². The second-order valence-electron chi connectivity index (χ2n) is 20.7. The molecule has 4 aliphatic heterocycles. The van der Waals surface area contributed by atoms with Gasteiger partial charge in [0.25, 0.3) is 0 Å². The van der Waals surface area contributed by atoms with Crippen molar-refractivity contribution in [2.75, 3.05) is 40.8 Å². The van der Waals surface area contributed by atoms with E-state index in [1.54, 1.807) is 58.0 Å². The first-order chi connectivity index (χ1) is 33.2. The first kappa shape index (κ1) is 48.9. The van der Waals surface area contributed by atoms with Gasteiger partial charge in [0.1, 0.15) is 36.6 Å². The molecule has 3 saturated carbocycles. The zero-order valence-electron chi connectivity index (χ0n) is 39.7. The second kappa shape index (κ2) is 17.5. The highest BCUT2D eigenvalue weighted by atomic mass is 19.1. The number of aliphatic hydroxyl groups excluding tert-OH is 4. The van der Waals surface area contributed by atoms with Crippen molar-refractivity contribution >= 4 is 17.5 Å². The zero-order valence-corrected chi connectivity index (χ0v) is 39.7. The second-order valence-corrected chi connectivity index (χ2v) is 20.7. The van der Waals surface area contributed by atoms with E-state index in [4.69, 9.17) is 42.6 Å². The number of Topliss-reactive ketones (excluding diaryl/α,β-unsaturated/α-hetero) is 1. The van der Waals surface area contributed by atoms with Crippen LogP contribution in [0.15, 0.2) is 48.1 Å². The number of benzene rings is 2. The molecule has 9 aliphatic rings. The van der Waals surface area contributed by atoms with Gasteiger partial charge < -0.3 is 73.3 Å². The van der Waals surface area contributed by atoms with Gasteiger partial charge in [0, 0.05) is 28.6 Å². The van der Waals surface area contributed by atoms with Gasteiger partial charge in [-0.2, -0.15) is 0 Å². The molecule has 2 aromatic carbocycles. The molecular formula is C51H61FO18. The van der Waals surface area contributed by atoms with Gasteiger partial charge in [-0.1, -0.05) is 25.5 Å². The number of hydrogen-bond donors (Lipinski definition) is 6. The minimum atomic E-state index is -1.98. The van der Waals surface area contributed by atoms with E-state index in [-0.39, 0.29) is 55.4 Å². The highest BCUT2D eigenvalue weighted by molar-refractivity contribution is 6.01. The van der Waals surface area contributed by atoms with Crippen molar-refractivity contribution in [3.05, 3.63) is 64.8 Å². The molecule has 11 rings (SSSR count). The van der Waals surface area contributed by atoms with Crippen molar-refractivity contribution < 1.29 is 92.0 Å². The van der Waals surface area contributed by atoms with Crippen LogP contribution in [0, 0.1) is 40.4 Å². The smallest absolute Gasteiger partial charge is 0.310 e. The summed E-state index contributed by atoms with van der Waals surface area (Å²) in [6.45, 7) is 6.41. The van der Waals surface area contributed by atoms with Crippen LogP contribution in [-0.2, 0) is 38.1 Å². The largest absolute Gasteiger partial charge is 0.502 e. The third kappa shape index (κ3) is 7.00. The molecule has 2 aromatic rings. The molecule has 6 N–H and O–H groups in total. The van der Waals surface area contributed by atoms with Crippen LogP contribution in [-0.4, -0.2) is 143 Å².